The van der Waals surface area contributed by atoms with Gasteiger partial charge in [-0.25, -0.2) is 0 Å². The van der Waals surface area contributed by atoms with E-state index in [1.807, 2.05) is 42.3 Å². The molecule has 1 aromatic rings. The van der Waals surface area contributed by atoms with Crippen molar-refractivity contribution in [2.24, 2.45) is 11.7 Å². The second-order valence-electron chi connectivity index (χ2n) is 6.07. The third-order valence-corrected chi connectivity index (χ3v) is 4.54. The maximum Gasteiger partial charge on any atom is 0.231 e. The zero-order valence-corrected chi connectivity index (χ0v) is 12.6. The van der Waals surface area contributed by atoms with E-state index in [2.05, 4.69) is 6.92 Å². The van der Waals surface area contributed by atoms with E-state index >= 15 is 0 Å². The van der Waals surface area contributed by atoms with Crippen LogP contribution >= 0.6 is 0 Å². The summed E-state index contributed by atoms with van der Waals surface area (Å²) in [5.41, 5.74) is 6.88. The maximum absolute atomic E-state index is 12.7. The van der Waals surface area contributed by atoms with Crippen LogP contribution in [0.1, 0.15) is 44.1 Å². The van der Waals surface area contributed by atoms with Crippen molar-refractivity contribution in [2.75, 3.05) is 13.6 Å². The summed E-state index contributed by atoms with van der Waals surface area (Å²) in [4.78, 5) is 14.7. The highest BCUT2D eigenvalue weighted by Crippen LogP contribution is 2.28. The molecule has 1 aliphatic carbocycles. The standard InChI is InChI=1S/C17H26N2O/c1-13-7-6-10-15(11-13)19(2)17(20)16(12-18)14-8-4-3-5-9-14/h3-5,8-9,13,15-16H,6-7,10-12,18H2,1-2H3. The van der Waals surface area contributed by atoms with Crippen LogP contribution in [0.5, 0.6) is 0 Å². The van der Waals surface area contributed by atoms with Gasteiger partial charge in [-0.15, -0.1) is 0 Å². The molecule has 0 heterocycles. The van der Waals surface area contributed by atoms with Crippen molar-refractivity contribution in [1.29, 1.82) is 0 Å². The molecule has 0 bridgehead atoms. The van der Waals surface area contributed by atoms with E-state index in [0.29, 0.717) is 12.6 Å². The van der Waals surface area contributed by atoms with Crippen LogP contribution in [0.3, 0.4) is 0 Å². The van der Waals surface area contributed by atoms with Crippen LogP contribution in [-0.2, 0) is 4.79 Å². The molecule has 110 valence electrons. The molecular formula is C17H26N2O. The second kappa shape index (κ2) is 6.89. The number of carbonyl (C=O) groups is 1. The first-order valence-electron chi connectivity index (χ1n) is 7.65. The Hall–Kier alpha value is -1.35. The number of carbonyl (C=O) groups excluding carboxylic acids is 1. The Bertz CT molecular complexity index is 432. The van der Waals surface area contributed by atoms with Crippen LogP contribution in [0.4, 0.5) is 0 Å². The zero-order chi connectivity index (χ0) is 14.5. The van der Waals surface area contributed by atoms with E-state index in [0.717, 1.165) is 24.3 Å². The van der Waals surface area contributed by atoms with E-state index in [4.69, 9.17) is 5.73 Å². The lowest BCUT2D eigenvalue weighted by atomic mass is 9.85. The molecule has 0 spiro atoms. The maximum atomic E-state index is 12.7. The Balaban J connectivity index is 2.08. The van der Waals surface area contributed by atoms with Gasteiger partial charge in [0.1, 0.15) is 0 Å². The number of nitrogens with two attached hydrogens (primary N) is 1. The number of likely N-dealkylation sites (N-methyl/N-ethyl adjacent to an activating group) is 1. The average molecular weight is 274 g/mol. The van der Waals surface area contributed by atoms with E-state index in [-0.39, 0.29) is 11.8 Å². The third kappa shape index (κ3) is 3.40. The predicted octanol–water partition coefficient (Wildman–Crippen LogP) is 2.77. The Labute approximate surface area is 122 Å². The molecule has 3 heteroatoms. The number of nitrogens with zero attached hydrogens (tertiary/aromatic N) is 1. The molecule has 3 unspecified atom stereocenters. The lowest BCUT2D eigenvalue weighted by Gasteiger charge is -2.36. The fraction of sp³-hybridized carbons (Fsp3) is 0.588. The van der Waals surface area contributed by atoms with Crippen molar-refractivity contribution in [3.63, 3.8) is 0 Å². The molecule has 0 saturated heterocycles. The van der Waals surface area contributed by atoms with Crippen molar-refractivity contribution in [3.05, 3.63) is 35.9 Å². The number of hydrogen-bond donors (Lipinski definition) is 1. The normalized spacial score (nSPS) is 24.1. The fourth-order valence-electron chi connectivity index (χ4n) is 3.24. The summed E-state index contributed by atoms with van der Waals surface area (Å²) in [6.45, 7) is 2.65. The molecule has 1 aromatic carbocycles. The number of amides is 1. The van der Waals surface area contributed by atoms with Crippen molar-refractivity contribution in [3.8, 4) is 0 Å². The largest absolute Gasteiger partial charge is 0.342 e. The molecular weight excluding hydrogens is 248 g/mol. The molecule has 2 rings (SSSR count). The smallest absolute Gasteiger partial charge is 0.231 e. The minimum atomic E-state index is -0.210. The van der Waals surface area contributed by atoms with Crippen LogP contribution < -0.4 is 5.73 Å². The van der Waals surface area contributed by atoms with E-state index in [1.54, 1.807) is 0 Å². The van der Waals surface area contributed by atoms with Crippen molar-refractivity contribution in [2.45, 2.75) is 44.6 Å². The number of rotatable bonds is 4. The minimum Gasteiger partial charge on any atom is -0.342 e. The molecule has 1 amide bonds. The topological polar surface area (TPSA) is 46.3 Å². The summed E-state index contributed by atoms with van der Waals surface area (Å²) in [5, 5.41) is 0. The molecule has 20 heavy (non-hydrogen) atoms. The van der Waals surface area contributed by atoms with Gasteiger partial charge in [0.05, 0.1) is 5.92 Å². The van der Waals surface area contributed by atoms with Gasteiger partial charge in [0.25, 0.3) is 0 Å². The molecule has 3 nitrogen and oxygen atoms in total. The van der Waals surface area contributed by atoms with Crippen molar-refractivity contribution in [1.82, 2.24) is 4.90 Å². The van der Waals surface area contributed by atoms with Gasteiger partial charge in [0.15, 0.2) is 0 Å². The summed E-state index contributed by atoms with van der Waals surface area (Å²) in [5.74, 6) is 0.674. The molecule has 1 aliphatic rings. The summed E-state index contributed by atoms with van der Waals surface area (Å²) in [6.07, 6.45) is 4.76. The van der Waals surface area contributed by atoms with Crippen molar-refractivity contribution >= 4 is 5.91 Å². The fourth-order valence-corrected chi connectivity index (χ4v) is 3.24. The highest BCUT2D eigenvalue weighted by atomic mass is 16.2. The highest BCUT2D eigenvalue weighted by Gasteiger charge is 2.29. The molecule has 0 radical (unpaired) electrons. The molecule has 1 saturated carbocycles. The van der Waals surface area contributed by atoms with Gasteiger partial charge in [-0.3, -0.25) is 4.79 Å². The Kier molecular flexibility index (Phi) is 5.18. The highest BCUT2D eigenvalue weighted by molar-refractivity contribution is 5.84. The first-order chi connectivity index (χ1) is 9.63. The Morgan fingerprint density at radius 3 is 2.65 bits per heavy atom. The SMILES string of the molecule is CC1CCCC(N(C)C(=O)C(CN)c2ccccc2)C1. The van der Waals surface area contributed by atoms with Crippen LogP contribution in [-0.4, -0.2) is 30.4 Å². The molecule has 3 atom stereocenters. The average Bonchev–Trinajstić information content (AvgIpc) is 2.48. The number of hydrogen-bond acceptors (Lipinski definition) is 2. The summed E-state index contributed by atoms with van der Waals surface area (Å²) < 4.78 is 0. The summed E-state index contributed by atoms with van der Waals surface area (Å²) >= 11 is 0. The van der Waals surface area contributed by atoms with Gasteiger partial charge in [-0.1, -0.05) is 50.1 Å². The van der Waals surface area contributed by atoms with E-state index in [1.165, 1.54) is 12.8 Å². The van der Waals surface area contributed by atoms with E-state index in [9.17, 15) is 4.79 Å². The minimum absolute atomic E-state index is 0.165. The molecule has 2 N–H and O–H groups in total. The monoisotopic (exact) mass is 274 g/mol. The quantitative estimate of drug-likeness (QED) is 0.917. The van der Waals surface area contributed by atoms with Gasteiger partial charge in [-0.05, 0) is 24.3 Å². The second-order valence-corrected chi connectivity index (χ2v) is 6.07. The zero-order valence-electron chi connectivity index (χ0n) is 12.6. The molecule has 1 fully saturated rings. The lowest BCUT2D eigenvalue weighted by molar-refractivity contribution is -0.134. The Morgan fingerprint density at radius 2 is 2.05 bits per heavy atom. The molecule has 0 aliphatic heterocycles. The van der Waals surface area contributed by atoms with Gasteiger partial charge < -0.3 is 10.6 Å². The summed E-state index contributed by atoms with van der Waals surface area (Å²) in [7, 11) is 1.94. The van der Waals surface area contributed by atoms with Crippen LogP contribution in [0.2, 0.25) is 0 Å². The van der Waals surface area contributed by atoms with Gasteiger partial charge in [0, 0.05) is 19.6 Å². The predicted molar refractivity (Wildman–Crippen MR) is 82.4 cm³/mol. The Morgan fingerprint density at radius 1 is 1.35 bits per heavy atom. The van der Waals surface area contributed by atoms with Crippen LogP contribution in [0.15, 0.2) is 30.3 Å². The summed E-state index contributed by atoms with van der Waals surface area (Å²) in [6, 6.07) is 10.3. The van der Waals surface area contributed by atoms with E-state index < -0.39 is 0 Å². The number of benzene rings is 1. The first kappa shape index (κ1) is 15.0. The third-order valence-electron chi connectivity index (χ3n) is 4.54. The lowest BCUT2D eigenvalue weighted by Crippen LogP contribution is -2.43. The molecule has 0 aromatic heterocycles. The van der Waals surface area contributed by atoms with Gasteiger partial charge in [0.2, 0.25) is 5.91 Å². The van der Waals surface area contributed by atoms with Crippen LogP contribution in [0, 0.1) is 5.92 Å². The van der Waals surface area contributed by atoms with Crippen molar-refractivity contribution < 1.29 is 4.79 Å². The first-order valence-corrected chi connectivity index (χ1v) is 7.65. The van der Waals surface area contributed by atoms with Crippen LogP contribution in [0.25, 0.3) is 0 Å². The van der Waals surface area contributed by atoms with Gasteiger partial charge in [-0.2, -0.15) is 0 Å². The van der Waals surface area contributed by atoms with Gasteiger partial charge >= 0.3 is 0 Å².